The number of hydrogen-bond donors (Lipinski definition) is 3. The summed E-state index contributed by atoms with van der Waals surface area (Å²) >= 11 is 14.1. The lowest BCUT2D eigenvalue weighted by Crippen LogP contribution is -2.38. The Hall–Kier alpha value is -3.63. The van der Waals surface area contributed by atoms with Gasteiger partial charge in [-0.25, -0.2) is 0 Å². The fourth-order valence-electron chi connectivity index (χ4n) is 3.71. The van der Waals surface area contributed by atoms with Gasteiger partial charge in [-0.1, -0.05) is 73.6 Å². The molecule has 1 aromatic heterocycles. The van der Waals surface area contributed by atoms with Gasteiger partial charge in [-0.15, -0.1) is 5.10 Å². The van der Waals surface area contributed by atoms with Crippen LogP contribution in [0.2, 0.25) is 10.0 Å². The van der Waals surface area contributed by atoms with Crippen LogP contribution in [0.25, 0.3) is 5.69 Å². The maximum absolute atomic E-state index is 12.7. The molecule has 0 saturated carbocycles. The standard InChI is InChI=1S/C30H34Cl2N6O5S/c1-18(13-27(41)42)33-25(39)16-43-30(5,6)12-11-19-7-9-23(21(31)14-19)34-26(40)17-44-28-35-36-37-38(28)24-10-8-20(15-22(24)32)29(2,3)4/h7-10,14-15,18H,13,16-17H2,1-6H3,(H,33,39)(H,34,40)(H,41,42). The van der Waals surface area contributed by atoms with E-state index in [2.05, 4.69) is 58.8 Å². The van der Waals surface area contributed by atoms with Gasteiger partial charge in [0.05, 0.1) is 33.6 Å². The average Bonchev–Trinajstić information content (AvgIpc) is 3.38. The summed E-state index contributed by atoms with van der Waals surface area (Å²) < 4.78 is 7.09. The number of aromatic nitrogens is 4. The number of carboxylic acids is 1. The minimum absolute atomic E-state index is 0.0180. The number of halogens is 2. The zero-order valence-electron chi connectivity index (χ0n) is 25.2. The molecular weight excluding hydrogens is 627 g/mol. The lowest BCUT2D eigenvalue weighted by molar-refractivity contribution is -0.138. The van der Waals surface area contributed by atoms with E-state index >= 15 is 0 Å². The molecule has 3 N–H and O–H groups in total. The zero-order chi connectivity index (χ0) is 32.7. The van der Waals surface area contributed by atoms with E-state index in [1.165, 1.54) is 4.68 Å². The van der Waals surface area contributed by atoms with Gasteiger partial charge in [-0.05, 0) is 72.5 Å². The Morgan fingerprint density at radius 2 is 1.80 bits per heavy atom. The van der Waals surface area contributed by atoms with E-state index in [0.29, 0.717) is 27.1 Å². The van der Waals surface area contributed by atoms with Crippen LogP contribution in [0.5, 0.6) is 0 Å². The normalized spacial score (nSPS) is 12.2. The lowest BCUT2D eigenvalue weighted by Gasteiger charge is -2.20. The molecule has 1 heterocycles. The number of carbonyl (C=O) groups is 3. The van der Waals surface area contributed by atoms with Crippen LogP contribution in [0, 0.1) is 11.8 Å². The summed E-state index contributed by atoms with van der Waals surface area (Å²) in [4.78, 5) is 35.5. The molecule has 1 unspecified atom stereocenters. The lowest BCUT2D eigenvalue weighted by atomic mass is 9.87. The van der Waals surface area contributed by atoms with Crippen LogP contribution in [-0.2, 0) is 24.5 Å². The van der Waals surface area contributed by atoms with Gasteiger partial charge in [-0.3, -0.25) is 14.4 Å². The highest BCUT2D eigenvalue weighted by atomic mass is 35.5. The van der Waals surface area contributed by atoms with Gasteiger partial charge < -0.3 is 20.5 Å². The third kappa shape index (κ3) is 10.5. The predicted octanol–water partition coefficient (Wildman–Crippen LogP) is 5.12. The van der Waals surface area contributed by atoms with Crippen LogP contribution < -0.4 is 10.6 Å². The minimum atomic E-state index is -1.00. The molecule has 11 nitrogen and oxygen atoms in total. The number of carbonyl (C=O) groups excluding carboxylic acids is 2. The highest BCUT2D eigenvalue weighted by Crippen LogP contribution is 2.30. The first-order valence-electron chi connectivity index (χ1n) is 13.5. The SMILES string of the molecule is CC(CC(=O)O)NC(=O)COC(C)(C)C#Cc1ccc(NC(=O)CSc2nnnn2-c2ccc(C(C)(C)C)cc2Cl)c(Cl)c1. The maximum atomic E-state index is 12.7. The van der Waals surface area contributed by atoms with Gasteiger partial charge in [0, 0.05) is 11.6 Å². The molecule has 2 aromatic carbocycles. The Morgan fingerprint density at radius 3 is 2.43 bits per heavy atom. The van der Waals surface area contributed by atoms with E-state index < -0.39 is 23.5 Å². The van der Waals surface area contributed by atoms with Crippen LogP contribution in [0.4, 0.5) is 5.69 Å². The van der Waals surface area contributed by atoms with Crippen molar-refractivity contribution in [3.63, 3.8) is 0 Å². The highest BCUT2D eigenvalue weighted by Gasteiger charge is 2.20. The highest BCUT2D eigenvalue weighted by molar-refractivity contribution is 7.99. The van der Waals surface area contributed by atoms with Crippen molar-refractivity contribution in [2.75, 3.05) is 17.7 Å². The van der Waals surface area contributed by atoms with Crippen molar-refractivity contribution in [3.05, 3.63) is 57.6 Å². The fourth-order valence-corrected chi connectivity index (χ4v) is 4.88. The molecule has 3 aromatic rings. The maximum Gasteiger partial charge on any atom is 0.305 e. The molecule has 14 heteroatoms. The largest absolute Gasteiger partial charge is 0.481 e. The summed E-state index contributed by atoms with van der Waals surface area (Å²) in [7, 11) is 0. The van der Waals surface area contributed by atoms with Crippen LogP contribution in [-0.4, -0.2) is 67.1 Å². The molecule has 0 spiro atoms. The van der Waals surface area contributed by atoms with E-state index in [1.807, 2.05) is 18.2 Å². The molecule has 234 valence electrons. The molecule has 0 aliphatic rings. The van der Waals surface area contributed by atoms with E-state index in [1.54, 1.807) is 39.0 Å². The second-order valence-corrected chi connectivity index (χ2v) is 13.2. The summed E-state index contributed by atoms with van der Waals surface area (Å²) in [5, 5.41) is 27.1. The van der Waals surface area contributed by atoms with Crippen LogP contribution in [0.1, 0.15) is 59.1 Å². The van der Waals surface area contributed by atoms with Crippen LogP contribution >= 0.6 is 35.0 Å². The third-order valence-electron chi connectivity index (χ3n) is 6.02. The van der Waals surface area contributed by atoms with Gasteiger partial charge in [0.1, 0.15) is 12.2 Å². The Bertz CT molecular complexity index is 1590. The number of carboxylic acid groups (broad SMARTS) is 1. The summed E-state index contributed by atoms with van der Waals surface area (Å²) in [5.41, 5.74) is 1.62. The second-order valence-electron chi connectivity index (χ2n) is 11.4. The molecule has 0 bridgehead atoms. The van der Waals surface area contributed by atoms with Crippen LogP contribution in [0.3, 0.4) is 0 Å². The molecule has 0 fully saturated rings. The Balaban J connectivity index is 1.56. The summed E-state index contributed by atoms with van der Waals surface area (Å²) in [6.07, 6.45) is -0.187. The number of hydrogen-bond acceptors (Lipinski definition) is 8. The number of nitrogens with one attached hydrogen (secondary N) is 2. The van der Waals surface area contributed by atoms with Crippen molar-refractivity contribution in [2.45, 2.75) is 70.2 Å². The number of thioether (sulfide) groups is 1. The van der Waals surface area contributed by atoms with Crippen molar-refractivity contribution >= 4 is 58.4 Å². The summed E-state index contributed by atoms with van der Waals surface area (Å²) in [5.74, 6) is 4.16. The second kappa shape index (κ2) is 14.9. The van der Waals surface area contributed by atoms with Crippen LogP contribution in [0.15, 0.2) is 41.6 Å². The molecule has 0 radical (unpaired) electrons. The number of nitrogens with zero attached hydrogens (tertiary/aromatic N) is 4. The molecule has 0 saturated heterocycles. The van der Waals surface area contributed by atoms with Crippen molar-refractivity contribution in [1.82, 2.24) is 25.5 Å². The smallest absolute Gasteiger partial charge is 0.305 e. The summed E-state index contributed by atoms with van der Waals surface area (Å²) in [6, 6.07) is 10.1. The number of rotatable bonds is 11. The Labute approximate surface area is 270 Å². The van der Waals surface area contributed by atoms with E-state index in [4.69, 9.17) is 33.0 Å². The molecule has 0 aliphatic heterocycles. The Morgan fingerprint density at radius 1 is 1.07 bits per heavy atom. The van der Waals surface area contributed by atoms with Gasteiger partial charge >= 0.3 is 5.97 Å². The number of benzene rings is 2. The first-order chi connectivity index (χ1) is 20.5. The third-order valence-corrected chi connectivity index (χ3v) is 7.55. The van der Waals surface area contributed by atoms with E-state index in [9.17, 15) is 14.4 Å². The number of amides is 2. The minimum Gasteiger partial charge on any atom is -0.481 e. The number of tetrazole rings is 1. The monoisotopic (exact) mass is 660 g/mol. The number of aliphatic carboxylic acids is 1. The first kappa shape index (κ1) is 34.9. The van der Waals surface area contributed by atoms with Crippen molar-refractivity contribution in [2.24, 2.45) is 0 Å². The van der Waals surface area contributed by atoms with E-state index in [-0.39, 0.29) is 35.1 Å². The number of ether oxygens (including phenoxy) is 1. The van der Waals surface area contributed by atoms with Gasteiger partial charge in [0.15, 0.2) is 0 Å². The predicted molar refractivity (Wildman–Crippen MR) is 170 cm³/mol. The van der Waals surface area contributed by atoms with Crippen molar-refractivity contribution < 1.29 is 24.2 Å². The van der Waals surface area contributed by atoms with Gasteiger partial charge in [-0.2, -0.15) is 4.68 Å². The summed E-state index contributed by atoms with van der Waals surface area (Å²) in [6.45, 7) is 11.0. The Kier molecular flexibility index (Phi) is 11.8. The molecule has 0 aliphatic carbocycles. The van der Waals surface area contributed by atoms with Gasteiger partial charge in [0.2, 0.25) is 17.0 Å². The number of anilines is 1. The molecule has 3 rings (SSSR count). The first-order valence-corrected chi connectivity index (χ1v) is 15.3. The van der Waals surface area contributed by atoms with Gasteiger partial charge in [0.25, 0.3) is 0 Å². The molecule has 44 heavy (non-hydrogen) atoms. The van der Waals surface area contributed by atoms with E-state index in [0.717, 1.165) is 17.3 Å². The molecular formula is C30H34Cl2N6O5S. The molecule has 1 atom stereocenters. The molecule has 2 amide bonds. The topological polar surface area (TPSA) is 148 Å². The van der Waals surface area contributed by atoms with Crippen molar-refractivity contribution in [3.8, 4) is 17.5 Å². The van der Waals surface area contributed by atoms with Crippen molar-refractivity contribution in [1.29, 1.82) is 0 Å². The quantitative estimate of drug-likeness (QED) is 0.188. The fraction of sp³-hybridized carbons (Fsp3) is 0.400. The zero-order valence-corrected chi connectivity index (χ0v) is 27.5. The average molecular weight is 662 g/mol.